The molecule has 19 heavy (non-hydrogen) atoms. The molecule has 0 atom stereocenters. The molecule has 106 valence electrons. The fraction of sp³-hybridized carbons (Fsp3) is 0.417. The Morgan fingerprint density at radius 3 is 2.53 bits per heavy atom. The summed E-state index contributed by atoms with van der Waals surface area (Å²) in [6.07, 6.45) is 0.670. The van der Waals surface area contributed by atoms with Gasteiger partial charge in [0.15, 0.2) is 0 Å². The number of carbonyl (C=O) groups excluding carboxylic acids is 1. The Bertz CT molecular complexity index is 396. The van der Waals surface area contributed by atoms with Gasteiger partial charge in [0.25, 0.3) is 0 Å². The van der Waals surface area contributed by atoms with Crippen LogP contribution in [0, 0.1) is 0 Å². The van der Waals surface area contributed by atoms with Gasteiger partial charge in [-0.1, -0.05) is 23.2 Å². The lowest BCUT2D eigenvalue weighted by Crippen LogP contribution is -2.30. The minimum absolute atomic E-state index is 0.00341. The van der Waals surface area contributed by atoms with Gasteiger partial charge in [-0.2, -0.15) is 0 Å². The van der Waals surface area contributed by atoms with E-state index in [4.69, 9.17) is 33.0 Å². The van der Waals surface area contributed by atoms with Gasteiger partial charge >= 0.3 is 6.03 Å². The summed E-state index contributed by atoms with van der Waals surface area (Å²) in [4.78, 5) is 11.5. The van der Waals surface area contributed by atoms with E-state index < -0.39 is 0 Å². The van der Waals surface area contributed by atoms with Crippen LogP contribution in [0.3, 0.4) is 0 Å². The molecule has 0 saturated carbocycles. The summed E-state index contributed by atoms with van der Waals surface area (Å²) < 4.78 is 5.06. The van der Waals surface area contributed by atoms with Crippen LogP contribution in [0.1, 0.15) is 6.42 Å². The zero-order valence-corrected chi connectivity index (χ0v) is 11.8. The molecule has 1 aromatic rings. The Kier molecular flexibility index (Phi) is 7.59. The molecule has 0 aliphatic carbocycles. The molecule has 3 N–H and O–H groups in total. The Balaban J connectivity index is 2.23. The maximum atomic E-state index is 11.5. The molecule has 0 aliphatic rings. The Hall–Kier alpha value is -1.01. The van der Waals surface area contributed by atoms with Crippen molar-refractivity contribution in [1.29, 1.82) is 0 Å². The van der Waals surface area contributed by atoms with Gasteiger partial charge in [-0.25, -0.2) is 4.79 Å². The molecule has 0 aliphatic heterocycles. The van der Waals surface area contributed by atoms with Gasteiger partial charge in [-0.05, 0) is 24.6 Å². The molecule has 2 amide bonds. The normalized spacial score (nSPS) is 10.3. The Morgan fingerprint density at radius 1 is 1.21 bits per heavy atom. The second-order valence-electron chi connectivity index (χ2n) is 3.73. The monoisotopic (exact) mass is 306 g/mol. The minimum atomic E-state index is -0.333. The first-order chi connectivity index (χ1) is 9.11. The third-order valence-electron chi connectivity index (χ3n) is 2.11. The number of amides is 2. The lowest BCUT2D eigenvalue weighted by Gasteiger charge is -2.08. The number of halogens is 2. The molecule has 0 unspecified atom stereocenters. The minimum Gasteiger partial charge on any atom is -0.394 e. The van der Waals surface area contributed by atoms with E-state index in [1.54, 1.807) is 18.2 Å². The van der Waals surface area contributed by atoms with Crippen LogP contribution in [-0.4, -0.2) is 37.5 Å². The van der Waals surface area contributed by atoms with E-state index in [1.165, 1.54) is 0 Å². The summed E-state index contributed by atoms with van der Waals surface area (Å²) in [7, 11) is 0. The standard InChI is InChI=1S/C12H16Cl2N2O3/c13-9-6-10(14)8-11(7-9)16-12(18)15-2-1-4-19-5-3-17/h6-8,17H,1-5H2,(H2,15,16,18). The number of hydrogen-bond donors (Lipinski definition) is 3. The fourth-order valence-electron chi connectivity index (χ4n) is 1.34. The predicted molar refractivity (Wildman–Crippen MR) is 76.0 cm³/mol. The van der Waals surface area contributed by atoms with Gasteiger partial charge in [0.1, 0.15) is 0 Å². The van der Waals surface area contributed by atoms with Crippen molar-refractivity contribution in [1.82, 2.24) is 5.32 Å². The second-order valence-corrected chi connectivity index (χ2v) is 4.60. The summed E-state index contributed by atoms with van der Waals surface area (Å²) in [5.74, 6) is 0. The molecule has 0 bridgehead atoms. The average Bonchev–Trinajstić information content (AvgIpc) is 2.32. The van der Waals surface area contributed by atoms with Crippen molar-refractivity contribution in [3.8, 4) is 0 Å². The Labute approximate surface area is 121 Å². The summed E-state index contributed by atoms with van der Waals surface area (Å²) in [6.45, 7) is 1.28. The topological polar surface area (TPSA) is 70.6 Å². The molecule has 7 heteroatoms. The van der Waals surface area contributed by atoms with Crippen molar-refractivity contribution in [3.05, 3.63) is 28.2 Å². The van der Waals surface area contributed by atoms with Crippen molar-refractivity contribution in [2.24, 2.45) is 0 Å². The summed E-state index contributed by atoms with van der Waals surface area (Å²) in [6, 6.07) is 4.47. The number of benzene rings is 1. The highest BCUT2D eigenvalue weighted by molar-refractivity contribution is 6.35. The van der Waals surface area contributed by atoms with Gasteiger partial charge in [-0.3, -0.25) is 0 Å². The third kappa shape index (κ3) is 7.22. The molecule has 5 nitrogen and oxygen atoms in total. The number of urea groups is 1. The van der Waals surface area contributed by atoms with E-state index in [0.29, 0.717) is 41.9 Å². The van der Waals surface area contributed by atoms with Crippen LogP contribution in [-0.2, 0) is 4.74 Å². The van der Waals surface area contributed by atoms with Crippen LogP contribution in [0.5, 0.6) is 0 Å². The molecule has 0 heterocycles. The molecule has 0 fully saturated rings. The van der Waals surface area contributed by atoms with Gasteiger partial charge in [0.2, 0.25) is 0 Å². The van der Waals surface area contributed by atoms with Crippen LogP contribution >= 0.6 is 23.2 Å². The summed E-state index contributed by atoms with van der Waals surface area (Å²) in [5.41, 5.74) is 0.534. The molecule has 0 spiro atoms. The smallest absolute Gasteiger partial charge is 0.319 e. The SMILES string of the molecule is O=C(NCCCOCCO)Nc1cc(Cl)cc(Cl)c1. The van der Waals surface area contributed by atoms with Gasteiger partial charge in [0.05, 0.1) is 13.2 Å². The van der Waals surface area contributed by atoms with Crippen molar-refractivity contribution in [3.63, 3.8) is 0 Å². The highest BCUT2D eigenvalue weighted by atomic mass is 35.5. The average molecular weight is 307 g/mol. The number of hydrogen-bond acceptors (Lipinski definition) is 3. The molecule has 0 aromatic heterocycles. The number of nitrogens with one attached hydrogen (secondary N) is 2. The summed E-state index contributed by atoms with van der Waals surface area (Å²) in [5, 5.41) is 14.7. The molecule has 0 radical (unpaired) electrons. The molecular weight excluding hydrogens is 291 g/mol. The van der Waals surface area contributed by atoms with Crippen molar-refractivity contribution in [2.75, 3.05) is 31.7 Å². The highest BCUT2D eigenvalue weighted by Crippen LogP contribution is 2.22. The number of anilines is 1. The van der Waals surface area contributed by atoms with Crippen LogP contribution < -0.4 is 10.6 Å². The zero-order chi connectivity index (χ0) is 14.1. The quantitative estimate of drug-likeness (QED) is 0.678. The first kappa shape index (κ1) is 16.0. The van der Waals surface area contributed by atoms with Crippen LogP contribution in [0.25, 0.3) is 0 Å². The molecule has 1 rings (SSSR count). The first-order valence-corrected chi connectivity index (χ1v) is 6.57. The maximum absolute atomic E-state index is 11.5. The van der Waals surface area contributed by atoms with Crippen molar-refractivity contribution >= 4 is 34.9 Å². The van der Waals surface area contributed by atoms with Crippen LogP contribution in [0.15, 0.2) is 18.2 Å². The number of rotatable bonds is 7. The van der Waals surface area contributed by atoms with Crippen molar-refractivity contribution < 1.29 is 14.6 Å². The number of aliphatic hydroxyl groups is 1. The maximum Gasteiger partial charge on any atom is 0.319 e. The van der Waals surface area contributed by atoms with Crippen molar-refractivity contribution in [2.45, 2.75) is 6.42 Å². The van der Waals surface area contributed by atoms with E-state index in [1.807, 2.05) is 0 Å². The van der Waals surface area contributed by atoms with Gasteiger partial charge in [-0.15, -0.1) is 0 Å². The van der Waals surface area contributed by atoms with E-state index in [9.17, 15) is 4.79 Å². The van der Waals surface area contributed by atoms with E-state index >= 15 is 0 Å². The van der Waals surface area contributed by atoms with Gasteiger partial charge in [0, 0.05) is 28.9 Å². The van der Waals surface area contributed by atoms with E-state index in [2.05, 4.69) is 10.6 Å². The van der Waals surface area contributed by atoms with E-state index in [-0.39, 0.29) is 12.6 Å². The van der Waals surface area contributed by atoms with Gasteiger partial charge < -0.3 is 20.5 Å². The zero-order valence-electron chi connectivity index (χ0n) is 10.3. The summed E-state index contributed by atoms with van der Waals surface area (Å²) >= 11 is 11.6. The molecular formula is C12H16Cl2N2O3. The Morgan fingerprint density at radius 2 is 1.89 bits per heavy atom. The second kappa shape index (κ2) is 8.98. The first-order valence-electron chi connectivity index (χ1n) is 5.81. The number of ether oxygens (including phenoxy) is 1. The largest absolute Gasteiger partial charge is 0.394 e. The lowest BCUT2D eigenvalue weighted by molar-refractivity contribution is 0.0910. The van der Waals surface area contributed by atoms with Crippen LogP contribution in [0.2, 0.25) is 10.0 Å². The molecule has 1 aromatic carbocycles. The number of aliphatic hydroxyl groups excluding tert-OH is 1. The number of carbonyl (C=O) groups is 1. The third-order valence-corrected chi connectivity index (χ3v) is 2.54. The predicted octanol–water partition coefficient (Wildman–Crippen LogP) is 2.51. The van der Waals surface area contributed by atoms with Crippen LogP contribution in [0.4, 0.5) is 10.5 Å². The highest BCUT2D eigenvalue weighted by Gasteiger charge is 2.03. The molecule has 0 saturated heterocycles. The lowest BCUT2D eigenvalue weighted by atomic mass is 10.3. The fourth-order valence-corrected chi connectivity index (χ4v) is 1.87. The van der Waals surface area contributed by atoms with E-state index in [0.717, 1.165) is 0 Å².